The Morgan fingerprint density at radius 2 is 1.60 bits per heavy atom. The molecule has 25 heavy (non-hydrogen) atoms. The van der Waals surface area contributed by atoms with E-state index in [0.29, 0.717) is 11.8 Å². The molecular weight excluding hydrogens is 360 g/mol. The molecule has 1 N–H and O–H groups in total. The molecule has 0 heterocycles. The van der Waals surface area contributed by atoms with E-state index in [1.54, 1.807) is 0 Å². The lowest BCUT2D eigenvalue weighted by atomic mass is 9.84. The summed E-state index contributed by atoms with van der Waals surface area (Å²) in [5.74, 6) is 1.80. The molecule has 0 aromatic heterocycles. The van der Waals surface area contributed by atoms with Crippen molar-refractivity contribution in [2.24, 2.45) is 17.8 Å². The minimum Gasteiger partial charge on any atom is -0.208 e. The van der Waals surface area contributed by atoms with Gasteiger partial charge in [-0.2, -0.15) is 0 Å². The van der Waals surface area contributed by atoms with Crippen LogP contribution in [0.15, 0.2) is 34.1 Å². The molecule has 0 radical (unpaired) electrons. The summed E-state index contributed by atoms with van der Waals surface area (Å²) in [6.45, 7) is 1.94. The first-order valence-corrected chi connectivity index (χ1v) is 11.6. The first-order valence-electron chi connectivity index (χ1n) is 8.66. The minimum atomic E-state index is -3.65. The summed E-state index contributed by atoms with van der Waals surface area (Å²) in [7, 11) is -4.33. The van der Waals surface area contributed by atoms with Gasteiger partial charge in [0.1, 0.15) is 0 Å². The molecule has 6 nitrogen and oxygen atoms in total. The Hall–Kier alpha value is -0.960. The Balaban J connectivity index is 1.74. The molecule has 2 aliphatic rings. The van der Waals surface area contributed by atoms with Gasteiger partial charge in [-0.05, 0) is 68.2 Å². The van der Waals surface area contributed by atoms with Gasteiger partial charge in [-0.25, -0.2) is 25.9 Å². The fourth-order valence-electron chi connectivity index (χ4n) is 4.31. The minimum absolute atomic E-state index is 0.0811. The van der Waals surface area contributed by atoms with Crippen LogP contribution in [0.3, 0.4) is 0 Å². The lowest BCUT2D eigenvalue weighted by Gasteiger charge is -2.28. The molecule has 3 rings (SSSR count). The molecule has 1 aromatic carbocycles. The maximum absolute atomic E-state index is 12.6. The van der Waals surface area contributed by atoms with Crippen LogP contribution < -0.4 is 4.72 Å². The van der Waals surface area contributed by atoms with E-state index in [-0.39, 0.29) is 15.8 Å². The summed E-state index contributed by atoms with van der Waals surface area (Å²) in [6.07, 6.45) is 4.82. The van der Waals surface area contributed by atoms with Gasteiger partial charge in [-0.1, -0.05) is 6.42 Å². The molecule has 1 aromatic rings. The highest BCUT2D eigenvalue weighted by Crippen LogP contribution is 2.49. The topological polar surface area (TPSA) is 83.5 Å². The van der Waals surface area contributed by atoms with Crippen LogP contribution in [0.5, 0.6) is 0 Å². The summed E-state index contributed by atoms with van der Waals surface area (Å²) >= 11 is 0. The van der Waals surface area contributed by atoms with Gasteiger partial charge in [0, 0.05) is 20.1 Å². The van der Waals surface area contributed by atoms with Crippen LogP contribution in [0.2, 0.25) is 0 Å². The lowest BCUT2D eigenvalue weighted by molar-refractivity contribution is 0.280. The van der Waals surface area contributed by atoms with Crippen molar-refractivity contribution in [2.75, 3.05) is 14.1 Å². The SMILES string of the molecule is CC(NS(=O)(=O)c1ccc(S(=O)(=O)N(C)C)cc1)C1CC2CCC1C2. The number of sulfonamides is 2. The molecule has 140 valence electrons. The Bertz CT molecular complexity index is 832. The van der Waals surface area contributed by atoms with Gasteiger partial charge in [0.15, 0.2) is 0 Å². The Morgan fingerprint density at radius 1 is 1.00 bits per heavy atom. The number of rotatable bonds is 6. The molecule has 4 atom stereocenters. The predicted octanol–water partition coefficient (Wildman–Crippen LogP) is 2.04. The summed E-state index contributed by atoms with van der Waals surface area (Å²) < 4.78 is 53.3. The fourth-order valence-corrected chi connectivity index (χ4v) is 6.50. The number of nitrogens with one attached hydrogen (secondary N) is 1. The molecule has 0 amide bonds. The largest absolute Gasteiger partial charge is 0.242 e. The molecule has 2 bridgehead atoms. The molecule has 2 aliphatic carbocycles. The molecule has 4 unspecified atom stereocenters. The smallest absolute Gasteiger partial charge is 0.208 e. The van der Waals surface area contributed by atoms with Crippen LogP contribution in [0.25, 0.3) is 0 Å². The second-order valence-corrected chi connectivity index (χ2v) is 11.4. The summed E-state index contributed by atoms with van der Waals surface area (Å²) in [4.78, 5) is 0.179. The third kappa shape index (κ3) is 3.63. The average molecular weight is 387 g/mol. The number of benzene rings is 1. The number of hydrogen-bond acceptors (Lipinski definition) is 4. The highest BCUT2D eigenvalue weighted by Gasteiger charge is 2.42. The first-order chi connectivity index (χ1) is 11.6. The summed E-state index contributed by atoms with van der Waals surface area (Å²) in [6, 6.07) is 5.28. The zero-order chi connectivity index (χ0) is 18.4. The predicted molar refractivity (Wildman–Crippen MR) is 96.0 cm³/mol. The maximum atomic E-state index is 12.6. The quantitative estimate of drug-likeness (QED) is 0.811. The van der Waals surface area contributed by atoms with Crippen molar-refractivity contribution in [1.82, 2.24) is 9.03 Å². The average Bonchev–Trinajstić information content (AvgIpc) is 3.17. The maximum Gasteiger partial charge on any atom is 0.242 e. The van der Waals surface area contributed by atoms with E-state index < -0.39 is 20.0 Å². The van der Waals surface area contributed by atoms with Gasteiger partial charge in [-0.3, -0.25) is 0 Å². The highest BCUT2D eigenvalue weighted by molar-refractivity contribution is 7.89. The van der Waals surface area contributed by atoms with Crippen molar-refractivity contribution in [3.05, 3.63) is 24.3 Å². The van der Waals surface area contributed by atoms with E-state index in [9.17, 15) is 16.8 Å². The van der Waals surface area contributed by atoms with Crippen LogP contribution in [0.1, 0.15) is 32.6 Å². The van der Waals surface area contributed by atoms with Gasteiger partial charge in [0.2, 0.25) is 20.0 Å². The lowest BCUT2D eigenvalue weighted by Crippen LogP contribution is -2.40. The molecule has 0 spiro atoms. The van der Waals surface area contributed by atoms with E-state index in [1.807, 2.05) is 6.92 Å². The Labute approximate surface area is 150 Å². The Kier molecular flexibility index (Phi) is 5.00. The van der Waals surface area contributed by atoms with E-state index in [4.69, 9.17) is 0 Å². The number of fused-ring (bicyclic) bond motifs is 2. The van der Waals surface area contributed by atoms with Gasteiger partial charge < -0.3 is 0 Å². The Morgan fingerprint density at radius 3 is 2.08 bits per heavy atom. The van der Waals surface area contributed by atoms with Crippen LogP contribution in [-0.4, -0.2) is 41.3 Å². The third-order valence-corrected chi connectivity index (χ3v) is 9.09. The van der Waals surface area contributed by atoms with Crippen LogP contribution in [0.4, 0.5) is 0 Å². The first kappa shape index (κ1) is 18.8. The molecule has 2 fully saturated rings. The van der Waals surface area contributed by atoms with Crippen molar-refractivity contribution in [2.45, 2.75) is 48.4 Å². The van der Waals surface area contributed by atoms with Gasteiger partial charge >= 0.3 is 0 Å². The number of nitrogens with zero attached hydrogens (tertiary/aromatic N) is 1. The monoisotopic (exact) mass is 386 g/mol. The van der Waals surface area contributed by atoms with E-state index in [2.05, 4.69) is 4.72 Å². The summed E-state index contributed by atoms with van der Waals surface area (Å²) in [5.41, 5.74) is 0. The molecule has 0 aliphatic heterocycles. The van der Waals surface area contributed by atoms with Crippen LogP contribution in [0, 0.1) is 17.8 Å². The molecule has 0 saturated heterocycles. The second-order valence-electron chi connectivity index (χ2n) is 7.51. The van der Waals surface area contributed by atoms with Crippen molar-refractivity contribution < 1.29 is 16.8 Å². The second kappa shape index (κ2) is 6.64. The number of hydrogen-bond donors (Lipinski definition) is 1. The summed E-state index contributed by atoms with van der Waals surface area (Å²) in [5, 5.41) is 0. The van der Waals surface area contributed by atoms with Gasteiger partial charge in [0.25, 0.3) is 0 Å². The van der Waals surface area contributed by atoms with Crippen LogP contribution in [-0.2, 0) is 20.0 Å². The molecule has 2 saturated carbocycles. The van der Waals surface area contributed by atoms with E-state index in [1.165, 1.54) is 57.6 Å². The molecule has 8 heteroatoms. The van der Waals surface area contributed by atoms with Crippen molar-refractivity contribution in [3.8, 4) is 0 Å². The standard InChI is InChI=1S/C17H26N2O4S2/c1-12(17-11-13-4-5-14(17)10-13)18-24(20,21)15-6-8-16(9-7-15)25(22,23)19(2)3/h6-9,12-14,17-18H,4-5,10-11H2,1-3H3. The third-order valence-electron chi connectivity index (χ3n) is 5.69. The highest BCUT2D eigenvalue weighted by atomic mass is 32.2. The normalized spacial score (nSPS) is 27.8. The van der Waals surface area contributed by atoms with Gasteiger partial charge in [-0.15, -0.1) is 0 Å². The zero-order valence-electron chi connectivity index (χ0n) is 14.8. The molecular formula is C17H26N2O4S2. The van der Waals surface area contributed by atoms with Crippen LogP contribution >= 0.6 is 0 Å². The van der Waals surface area contributed by atoms with Gasteiger partial charge in [0.05, 0.1) is 9.79 Å². The fraction of sp³-hybridized carbons (Fsp3) is 0.647. The van der Waals surface area contributed by atoms with Crippen molar-refractivity contribution in [1.29, 1.82) is 0 Å². The van der Waals surface area contributed by atoms with Crippen molar-refractivity contribution in [3.63, 3.8) is 0 Å². The van der Waals surface area contributed by atoms with Crippen molar-refractivity contribution >= 4 is 20.0 Å². The van der Waals surface area contributed by atoms with E-state index in [0.717, 1.165) is 16.6 Å². The zero-order valence-corrected chi connectivity index (χ0v) is 16.5. The van der Waals surface area contributed by atoms with E-state index >= 15 is 0 Å².